The van der Waals surface area contributed by atoms with E-state index in [9.17, 15) is 23.3 Å². The van der Waals surface area contributed by atoms with Crippen molar-refractivity contribution in [3.63, 3.8) is 0 Å². The Kier molecular flexibility index (Phi) is 7.96. The molecule has 0 saturated heterocycles. The molecule has 0 saturated carbocycles. The normalized spacial score (nSPS) is 11.1. The maximum Gasteiger partial charge on any atom is 0.269 e. The fraction of sp³-hybridized carbons (Fsp3) is 0.136. The zero-order valence-electron chi connectivity index (χ0n) is 17.4. The molecular formula is C22H20ClN3O5S2. The van der Waals surface area contributed by atoms with Crippen molar-refractivity contribution in [1.29, 1.82) is 0 Å². The standard InChI is InChI=1S/C22H20ClN3O5S2/c1-15-20(23)3-2-4-21(15)25-33(30,31)19-11-7-17(8-12-19)24-22(27)14-32-13-16-5-9-18(10-6-16)26(28)29/h2-12,25H,13-14H2,1H3,(H,24,27). The summed E-state index contributed by atoms with van der Waals surface area (Å²) in [5.41, 5.74) is 2.37. The van der Waals surface area contributed by atoms with Crippen LogP contribution in [-0.4, -0.2) is 25.0 Å². The summed E-state index contributed by atoms with van der Waals surface area (Å²) in [7, 11) is -3.82. The van der Waals surface area contributed by atoms with Crippen LogP contribution in [0, 0.1) is 17.0 Å². The van der Waals surface area contributed by atoms with E-state index >= 15 is 0 Å². The molecule has 33 heavy (non-hydrogen) atoms. The van der Waals surface area contributed by atoms with Crippen LogP contribution in [0.5, 0.6) is 0 Å². The molecule has 1 amide bonds. The number of nitro groups is 1. The second kappa shape index (κ2) is 10.7. The number of anilines is 2. The van der Waals surface area contributed by atoms with Crippen LogP contribution in [0.3, 0.4) is 0 Å². The van der Waals surface area contributed by atoms with Gasteiger partial charge in [0.1, 0.15) is 0 Å². The van der Waals surface area contributed by atoms with Crippen molar-refractivity contribution in [1.82, 2.24) is 0 Å². The minimum atomic E-state index is -3.82. The molecule has 3 aromatic carbocycles. The maximum atomic E-state index is 12.7. The average molecular weight is 506 g/mol. The molecule has 2 N–H and O–H groups in total. The number of nitro benzene ring substituents is 1. The number of thioether (sulfide) groups is 1. The maximum absolute atomic E-state index is 12.7. The summed E-state index contributed by atoms with van der Waals surface area (Å²) in [6.07, 6.45) is 0. The molecule has 11 heteroatoms. The van der Waals surface area contributed by atoms with Crippen LogP contribution in [0.25, 0.3) is 0 Å². The number of carbonyl (C=O) groups excluding carboxylic acids is 1. The number of carbonyl (C=O) groups is 1. The van der Waals surface area contributed by atoms with E-state index in [-0.39, 0.29) is 22.2 Å². The van der Waals surface area contributed by atoms with E-state index in [1.165, 1.54) is 48.2 Å². The van der Waals surface area contributed by atoms with Gasteiger partial charge in [-0.25, -0.2) is 8.42 Å². The summed E-state index contributed by atoms with van der Waals surface area (Å²) < 4.78 is 27.8. The van der Waals surface area contributed by atoms with Crippen molar-refractivity contribution < 1.29 is 18.1 Å². The van der Waals surface area contributed by atoms with Crippen LogP contribution < -0.4 is 10.0 Å². The van der Waals surface area contributed by atoms with Crippen molar-refractivity contribution in [2.75, 3.05) is 15.8 Å². The number of benzene rings is 3. The molecule has 3 aromatic rings. The van der Waals surface area contributed by atoms with Crippen molar-refractivity contribution in [2.24, 2.45) is 0 Å². The number of rotatable bonds is 9. The summed E-state index contributed by atoms with van der Waals surface area (Å²) >= 11 is 7.41. The Bertz CT molecular complexity index is 1260. The summed E-state index contributed by atoms with van der Waals surface area (Å²) in [5.74, 6) is 0.453. The number of nitrogens with one attached hydrogen (secondary N) is 2. The van der Waals surface area contributed by atoms with Crippen LogP contribution in [0.2, 0.25) is 5.02 Å². The number of halogens is 1. The summed E-state index contributed by atoms with van der Waals surface area (Å²) in [5, 5.41) is 13.9. The van der Waals surface area contributed by atoms with E-state index in [4.69, 9.17) is 11.6 Å². The lowest BCUT2D eigenvalue weighted by atomic mass is 10.2. The Hall–Kier alpha value is -3.08. The van der Waals surface area contributed by atoms with Gasteiger partial charge in [0, 0.05) is 28.6 Å². The Morgan fingerprint density at radius 2 is 1.73 bits per heavy atom. The largest absolute Gasteiger partial charge is 0.325 e. The number of non-ortho nitro benzene ring substituents is 1. The first kappa shape index (κ1) is 24.6. The molecule has 0 unspecified atom stereocenters. The Balaban J connectivity index is 1.53. The highest BCUT2D eigenvalue weighted by molar-refractivity contribution is 7.99. The van der Waals surface area contributed by atoms with Gasteiger partial charge in [0.25, 0.3) is 15.7 Å². The molecule has 0 aromatic heterocycles. The zero-order valence-corrected chi connectivity index (χ0v) is 19.8. The Morgan fingerprint density at radius 1 is 1.06 bits per heavy atom. The van der Waals surface area contributed by atoms with Crippen LogP contribution in [0.15, 0.2) is 71.6 Å². The molecular weight excluding hydrogens is 486 g/mol. The SMILES string of the molecule is Cc1c(Cl)cccc1NS(=O)(=O)c1ccc(NC(=O)CSCc2ccc([N+](=O)[O-])cc2)cc1. The average Bonchev–Trinajstić information content (AvgIpc) is 2.77. The number of hydrogen-bond acceptors (Lipinski definition) is 6. The van der Waals surface area contributed by atoms with Crippen molar-refractivity contribution in [2.45, 2.75) is 17.6 Å². The van der Waals surface area contributed by atoms with Crippen LogP contribution in [0.1, 0.15) is 11.1 Å². The third-order valence-corrected chi connectivity index (χ3v) is 7.40. The summed E-state index contributed by atoms with van der Waals surface area (Å²) in [4.78, 5) is 22.4. The lowest BCUT2D eigenvalue weighted by Gasteiger charge is -2.12. The zero-order chi connectivity index (χ0) is 24.0. The van der Waals surface area contributed by atoms with Gasteiger partial charge in [-0.3, -0.25) is 19.6 Å². The molecule has 0 bridgehead atoms. The number of amides is 1. The van der Waals surface area contributed by atoms with Gasteiger partial charge < -0.3 is 5.32 Å². The van der Waals surface area contributed by atoms with Gasteiger partial charge >= 0.3 is 0 Å². The first-order chi connectivity index (χ1) is 15.7. The topological polar surface area (TPSA) is 118 Å². The first-order valence-corrected chi connectivity index (χ1v) is 12.7. The molecule has 0 fully saturated rings. The first-order valence-electron chi connectivity index (χ1n) is 9.64. The van der Waals surface area contributed by atoms with Gasteiger partial charge in [-0.1, -0.05) is 29.8 Å². The van der Waals surface area contributed by atoms with Gasteiger partial charge in [0.15, 0.2) is 0 Å². The minimum Gasteiger partial charge on any atom is -0.325 e. The number of sulfonamides is 1. The molecule has 0 aliphatic heterocycles. The summed E-state index contributed by atoms with van der Waals surface area (Å²) in [6, 6.07) is 17.0. The lowest BCUT2D eigenvalue weighted by molar-refractivity contribution is -0.384. The predicted molar refractivity (Wildman–Crippen MR) is 131 cm³/mol. The number of nitrogens with zero attached hydrogens (tertiary/aromatic N) is 1. The van der Waals surface area contributed by atoms with E-state index < -0.39 is 14.9 Å². The van der Waals surface area contributed by atoms with E-state index in [0.717, 1.165) is 5.56 Å². The molecule has 0 atom stereocenters. The fourth-order valence-electron chi connectivity index (χ4n) is 2.81. The third-order valence-electron chi connectivity index (χ3n) is 4.61. The highest BCUT2D eigenvalue weighted by Crippen LogP contribution is 2.26. The molecule has 0 aliphatic carbocycles. The molecule has 0 aliphatic rings. The van der Waals surface area contributed by atoms with Crippen molar-refractivity contribution in [3.8, 4) is 0 Å². The quantitative estimate of drug-likeness (QED) is 0.303. The third kappa shape index (κ3) is 6.70. The van der Waals surface area contributed by atoms with Gasteiger partial charge in [-0.2, -0.15) is 0 Å². The highest BCUT2D eigenvalue weighted by Gasteiger charge is 2.16. The molecule has 0 heterocycles. The van der Waals surface area contributed by atoms with Gasteiger partial charge in [-0.15, -0.1) is 11.8 Å². The van der Waals surface area contributed by atoms with E-state index in [1.807, 2.05) is 0 Å². The second-order valence-electron chi connectivity index (χ2n) is 7.01. The lowest BCUT2D eigenvalue weighted by Crippen LogP contribution is -2.15. The second-order valence-corrected chi connectivity index (χ2v) is 10.1. The monoisotopic (exact) mass is 505 g/mol. The van der Waals surface area contributed by atoms with Crippen molar-refractivity contribution in [3.05, 3.63) is 93.0 Å². The van der Waals surface area contributed by atoms with Gasteiger partial charge in [-0.05, 0) is 54.4 Å². The van der Waals surface area contributed by atoms with Crippen molar-refractivity contribution >= 4 is 56.4 Å². The van der Waals surface area contributed by atoms with E-state index in [0.29, 0.717) is 27.7 Å². The fourth-order valence-corrected chi connectivity index (χ4v) is 4.90. The minimum absolute atomic E-state index is 0.0184. The summed E-state index contributed by atoms with van der Waals surface area (Å²) in [6.45, 7) is 1.72. The molecule has 8 nitrogen and oxygen atoms in total. The van der Waals surface area contributed by atoms with Crippen LogP contribution >= 0.6 is 23.4 Å². The van der Waals surface area contributed by atoms with Crippen LogP contribution in [-0.2, 0) is 20.6 Å². The highest BCUT2D eigenvalue weighted by atomic mass is 35.5. The molecule has 3 rings (SSSR count). The van der Waals surface area contributed by atoms with Crippen LogP contribution in [0.4, 0.5) is 17.1 Å². The molecule has 172 valence electrons. The Morgan fingerprint density at radius 3 is 2.36 bits per heavy atom. The smallest absolute Gasteiger partial charge is 0.269 e. The molecule has 0 radical (unpaired) electrons. The van der Waals surface area contributed by atoms with Gasteiger partial charge in [0.05, 0.1) is 21.3 Å². The predicted octanol–water partition coefficient (Wildman–Crippen LogP) is 5.23. The van der Waals surface area contributed by atoms with E-state index in [1.54, 1.807) is 37.3 Å². The molecule has 0 spiro atoms. The number of hydrogen-bond donors (Lipinski definition) is 2. The Labute approximate surface area is 200 Å². The van der Waals surface area contributed by atoms with E-state index in [2.05, 4.69) is 10.0 Å². The van der Waals surface area contributed by atoms with Gasteiger partial charge in [0.2, 0.25) is 5.91 Å².